The average Bonchev–Trinajstić information content (AvgIpc) is 2.73. The van der Waals surface area contributed by atoms with Gasteiger partial charge in [-0.1, -0.05) is 60.7 Å². The van der Waals surface area contributed by atoms with Crippen molar-refractivity contribution in [1.29, 1.82) is 0 Å². The van der Waals surface area contributed by atoms with Crippen molar-refractivity contribution in [3.8, 4) is 0 Å². The van der Waals surface area contributed by atoms with Gasteiger partial charge in [0.1, 0.15) is 0 Å². The summed E-state index contributed by atoms with van der Waals surface area (Å²) >= 11 is 0. The van der Waals surface area contributed by atoms with Gasteiger partial charge < -0.3 is 4.74 Å². The van der Waals surface area contributed by atoms with Crippen LogP contribution in [0.25, 0.3) is 0 Å². The maximum atomic E-state index is 12.4. The van der Waals surface area contributed by atoms with Crippen LogP contribution in [0.3, 0.4) is 0 Å². The molecule has 3 aromatic rings. The zero-order valence-electron chi connectivity index (χ0n) is 15.0. The molecule has 3 aromatic carbocycles. The summed E-state index contributed by atoms with van der Waals surface area (Å²) in [7, 11) is -4.26. The van der Waals surface area contributed by atoms with E-state index < -0.39 is 27.1 Å². The third-order valence-electron chi connectivity index (χ3n) is 4.01. The van der Waals surface area contributed by atoms with Crippen molar-refractivity contribution < 1.29 is 22.9 Å². The van der Waals surface area contributed by atoms with Crippen LogP contribution in [-0.4, -0.2) is 19.4 Å². The van der Waals surface area contributed by atoms with Crippen molar-refractivity contribution >= 4 is 21.8 Å². The Kier molecular flexibility index (Phi) is 5.89. The molecule has 0 spiro atoms. The molecule has 0 heterocycles. The van der Waals surface area contributed by atoms with Crippen LogP contribution in [0.4, 0.5) is 10.5 Å². The molecule has 3 rings (SSSR count). The molecule has 148 valence electrons. The number of non-ortho nitro benzene ring substituents is 1. The van der Waals surface area contributed by atoms with E-state index in [1.54, 1.807) is 48.5 Å². The molecule has 0 saturated heterocycles. The summed E-state index contributed by atoms with van der Waals surface area (Å²) in [6.45, 7) is 0. The molecule has 1 amide bonds. The first-order chi connectivity index (χ1) is 13.9. The number of benzene rings is 3. The molecule has 0 saturated carbocycles. The van der Waals surface area contributed by atoms with E-state index in [2.05, 4.69) is 0 Å². The SMILES string of the molecule is O=C(NS(=O)(=O)c1ccc([N+](=O)[O-])cc1)OC(c1ccccc1)c1ccccc1. The Morgan fingerprint density at radius 1 is 0.862 bits per heavy atom. The van der Waals surface area contributed by atoms with E-state index >= 15 is 0 Å². The Hall–Kier alpha value is -3.72. The van der Waals surface area contributed by atoms with Gasteiger partial charge in [-0.05, 0) is 23.3 Å². The summed E-state index contributed by atoms with van der Waals surface area (Å²) < 4.78 is 32.0. The Labute approximate surface area is 167 Å². The molecule has 0 aliphatic heterocycles. The van der Waals surface area contributed by atoms with Crippen molar-refractivity contribution in [1.82, 2.24) is 4.72 Å². The van der Waals surface area contributed by atoms with Crippen LogP contribution < -0.4 is 4.72 Å². The molecule has 0 radical (unpaired) electrons. The second-order valence-electron chi connectivity index (χ2n) is 5.96. The molecule has 0 aromatic heterocycles. The summed E-state index contributed by atoms with van der Waals surface area (Å²) in [6.07, 6.45) is -1.98. The lowest BCUT2D eigenvalue weighted by Gasteiger charge is -2.19. The van der Waals surface area contributed by atoms with E-state index in [-0.39, 0.29) is 10.6 Å². The van der Waals surface area contributed by atoms with Crippen molar-refractivity contribution in [2.24, 2.45) is 0 Å². The van der Waals surface area contributed by atoms with Gasteiger partial charge in [0.2, 0.25) is 0 Å². The molecule has 0 aliphatic carbocycles. The number of rotatable bonds is 6. The molecule has 0 unspecified atom stereocenters. The molecule has 0 bridgehead atoms. The van der Waals surface area contributed by atoms with E-state index in [0.29, 0.717) is 11.1 Å². The quantitative estimate of drug-likeness (QED) is 0.486. The van der Waals surface area contributed by atoms with E-state index in [9.17, 15) is 23.3 Å². The highest BCUT2D eigenvalue weighted by Gasteiger charge is 2.24. The number of nitro benzene ring substituents is 1. The zero-order valence-corrected chi connectivity index (χ0v) is 15.8. The normalized spacial score (nSPS) is 11.1. The van der Waals surface area contributed by atoms with Crippen LogP contribution in [0.15, 0.2) is 89.8 Å². The van der Waals surface area contributed by atoms with Crippen LogP contribution in [0.2, 0.25) is 0 Å². The minimum atomic E-state index is -4.26. The average molecular weight is 412 g/mol. The number of ether oxygens (including phenoxy) is 1. The fraction of sp³-hybridized carbons (Fsp3) is 0.0500. The van der Waals surface area contributed by atoms with Gasteiger partial charge in [0.25, 0.3) is 15.7 Å². The van der Waals surface area contributed by atoms with Crippen molar-refractivity contribution in [3.63, 3.8) is 0 Å². The third kappa shape index (κ3) is 4.96. The second-order valence-corrected chi connectivity index (χ2v) is 7.65. The van der Waals surface area contributed by atoms with Crippen LogP contribution in [-0.2, 0) is 14.8 Å². The third-order valence-corrected chi connectivity index (χ3v) is 5.33. The largest absolute Gasteiger partial charge is 0.436 e. The highest BCUT2D eigenvalue weighted by Crippen LogP contribution is 2.26. The molecule has 0 atom stereocenters. The Balaban J connectivity index is 1.80. The zero-order chi connectivity index (χ0) is 20.9. The predicted octanol–water partition coefficient (Wildman–Crippen LogP) is 3.80. The lowest BCUT2D eigenvalue weighted by molar-refractivity contribution is -0.384. The highest BCUT2D eigenvalue weighted by atomic mass is 32.2. The summed E-state index contributed by atoms with van der Waals surface area (Å²) in [4.78, 5) is 22.1. The molecule has 29 heavy (non-hydrogen) atoms. The van der Waals surface area contributed by atoms with E-state index in [4.69, 9.17) is 4.74 Å². The first kappa shape index (κ1) is 20.0. The number of nitro groups is 1. The van der Waals surface area contributed by atoms with Gasteiger partial charge in [-0.15, -0.1) is 0 Å². The van der Waals surface area contributed by atoms with E-state index in [0.717, 1.165) is 24.3 Å². The van der Waals surface area contributed by atoms with Gasteiger partial charge in [0.15, 0.2) is 6.10 Å². The Bertz CT molecular complexity index is 1060. The molecular formula is C20H16N2O6S. The van der Waals surface area contributed by atoms with Crippen LogP contribution >= 0.6 is 0 Å². The summed E-state index contributed by atoms with van der Waals surface area (Å²) in [6, 6.07) is 21.9. The number of hydrogen-bond acceptors (Lipinski definition) is 6. The lowest BCUT2D eigenvalue weighted by Crippen LogP contribution is -2.32. The number of sulfonamides is 1. The fourth-order valence-corrected chi connectivity index (χ4v) is 3.51. The topological polar surface area (TPSA) is 116 Å². The van der Waals surface area contributed by atoms with Crippen molar-refractivity contribution in [3.05, 3.63) is 106 Å². The standard InChI is InChI=1S/C20H16N2O6S/c23-20(21-29(26,27)18-13-11-17(12-14-18)22(24)25)28-19(15-7-3-1-4-8-15)16-9-5-2-6-10-16/h1-14,19H,(H,21,23). The maximum Gasteiger partial charge on any atom is 0.422 e. The molecule has 0 aliphatic rings. The van der Waals surface area contributed by atoms with Crippen molar-refractivity contribution in [2.75, 3.05) is 0 Å². The van der Waals surface area contributed by atoms with Gasteiger partial charge in [0, 0.05) is 12.1 Å². The summed E-state index contributed by atoms with van der Waals surface area (Å²) in [5, 5.41) is 10.7. The molecule has 1 N–H and O–H groups in total. The number of amides is 1. The highest BCUT2D eigenvalue weighted by molar-refractivity contribution is 7.90. The summed E-state index contributed by atoms with van der Waals surface area (Å²) in [5.41, 5.74) is 1.07. The predicted molar refractivity (Wildman–Crippen MR) is 105 cm³/mol. The number of hydrogen-bond donors (Lipinski definition) is 1. The molecule has 8 nitrogen and oxygen atoms in total. The minimum absolute atomic E-state index is 0.264. The Morgan fingerprint density at radius 2 is 1.34 bits per heavy atom. The van der Waals surface area contributed by atoms with Gasteiger partial charge in [-0.2, -0.15) is 0 Å². The first-order valence-electron chi connectivity index (χ1n) is 8.44. The Morgan fingerprint density at radius 3 is 1.79 bits per heavy atom. The number of nitrogens with one attached hydrogen (secondary N) is 1. The minimum Gasteiger partial charge on any atom is -0.436 e. The number of carbonyl (C=O) groups excluding carboxylic acids is 1. The second kappa shape index (κ2) is 8.53. The number of nitrogens with zero attached hydrogens (tertiary/aromatic N) is 1. The molecule has 0 fully saturated rings. The molecule has 9 heteroatoms. The van der Waals surface area contributed by atoms with E-state index in [1.807, 2.05) is 16.9 Å². The molecular weight excluding hydrogens is 396 g/mol. The lowest BCUT2D eigenvalue weighted by atomic mass is 10.0. The fourth-order valence-electron chi connectivity index (χ4n) is 2.63. The van der Waals surface area contributed by atoms with Gasteiger partial charge in [0.05, 0.1) is 9.82 Å². The monoisotopic (exact) mass is 412 g/mol. The van der Waals surface area contributed by atoms with Gasteiger partial charge >= 0.3 is 6.09 Å². The van der Waals surface area contributed by atoms with Crippen LogP contribution in [0.1, 0.15) is 17.2 Å². The van der Waals surface area contributed by atoms with Gasteiger partial charge in [-0.3, -0.25) is 10.1 Å². The van der Waals surface area contributed by atoms with Gasteiger partial charge in [-0.25, -0.2) is 17.9 Å². The summed E-state index contributed by atoms with van der Waals surface area (Å²) in [5.74, 6) is 0. The van der Waals surface area contributed by atoms with Crippen LogP contribution in [0.5, 0.6) is 0 Å². The van der Waals surface area contributed by atoms with Crippen molar-refractivity contribution in [2.45, 2.75) is 11.0 Å². The van der Waals surface area contributed by atoms with Crippen LogP contribution in [0, 0.1) is 10.1 Å². The number of carbonyl (C=O) groups is 1. The first-order valence-corrected chi connectivity index (χ1v) is 9.93. The maximum absolute atomic E-state index is 12.4. The smallest absolute Gasteiger partial charge is 0.422 e. The van der Waals surface area contributed by atoms with E-state index in [1.165, 1.54) is 0 Å².